The zero-order valence-electron chi connectivity index (χ0n) is 14.4. The largest absolute Gasteiger partial charge is 0.356 e. The molecule has 9 heteroatoms. The van der Waals surface area contributed by atoms with E-state index in [9.17, 15) is 8.42 Å². The summed E-state index contributed by atoms with van der Waals surface area (Å²) in [6.07, 6.45) is 4.51. The Bertz CT molecular complexity index is 619. The number of hydrogen-bond acceptors (Lipinski definition) is 4. The molecule has 0 saturated carbocycles. The number of nitrogens with zero attached hydrogens (tertiary/aromatic N) is 3. The van der Waals surface area contributed by atoms with Crippen molar-refractivity contribution < 1.29 is 8.42 Å². The predicted molar refractivity (Wildman–Crippen MR) is 99.0 cm³/mol. The molecule has 0 amide bonds. The Labute approximate surface area is 149 Å². The Hall–Kier alpha value is -1.38. The molecule has 0 aromatic carbocycles. The van der Waals surface area contributed by atoms with Crippen molar-refractivity contribution in [2.24, 2.45) is 4.99 Å². The Kier molecular flexibility index (Phi) is 9.02. The van der Waals surface area contributed by atoms with Crippen LogP contribution < -0.4 is 10.6 Å². The third kappa shape index (κ3) is 7.94. The summed E-state index contributed by atoms with van der Waals surface area (Å²) in [5, 5.41) is 6.87. The SMILES string of the molecule is CCN(CCCNC(=NC)NCCc1ccc(Cl)nc1)S(C)(=O)=O. The lowest BCUT2D eigenvalue weighted by molar-refractivity contribution is 0.424. The second-order valence-electron chi connectivity index (χ2n) is 5.27. The van der Waals surface area contributed by atoms with Crippen LogP contribution in [0.2, 0.25) is 5.15 Å². The van der Waals surface area contributed by atoms with E-state index in [1.807, 2.05) is 13.0 Å². The molecule has 0 radical (unpaired) electrons. The molecule has 1 rings (SSSR count). The monoisotopic (exact) mass is 375 g/mol. The molecule has 7 nitrogen and oxygen atoms in total. The average Bonchev–Trinajstić information content (AvgIpc) is 2.53. The van der Waals surface area contributed by atoms with Crippen molar-refractivity contribution >= 4 is 27.6 Å². The standard InChI is InChI=1S/C15H26ClN5O2S/c1-4-21(24(3,22)23)11-5-9-18-15(17-2)19-10-8-13-6-7-14(16)20-12-13/h6-7,12H,4-5,8-11H2,1-3H3,(H2,17,18,19). The highest BCUT2D eigenvalue weighted by molar-refractivity contribution is 7.88. The summed E-state index contributed by atoms with van der Waals surface area (Å²) >= 11 is 5.75. The lowest BCUT2D eigenvalue weighted by Crippen LogP contribution is -2.40. The molecule has 0 aliphatic rings. The van der Waals surface area contributed by atoms with Crippen LogP contribution in [0.1, 0.15) is 18.9 Å². The Morgan fingerprint density at radius 2 is 2.04 bits per heavy atom. The number of aliphatic imine (C=N–C) groups is 1. The van der Waals surface area contributed by atoms with Gasteiger partial charge in [0.25, 0.3) is 0 Å². The maximum Gasteiger partial charge on any atom is 0.211 e. The first-order chi connectivity index (χ1) is 11.4. The highest BCUT2D eigenvalue weighted by atomic mass is 35.5. The van der Waals surface area contributed by atoms with Gasteiger partial charge in [-0.15, -0.1) is 0 Å². The molecule has 0 aliphatic heterocycles. The van der Waals surface area contributed by atoms with E-state index in [0.717, 1.165) is 12.0 Å². The van der Waals surface area contributed by atoms with Crippen LogP contribution in [0.25, 0.3) is 0 Å². The van der Waals surface area contributed by atoms with Crippen molar-refractivity contribution in [3.05, 3.63) is 29.0 Å². The van der Waals surface area contributed by atoms with Crippen molar-refractivity contribution in [2.45, 2.75) is 19.8 Å². The van der Waals surface area contributed by atoms with Crippen LogP contribution in [0.5, 0.6) is 0 Å². The van der Waals surface area contributed by atoms with E-state index in [1.165, 1.54) is 10.6 Å². The van der Waals surface area contributed by atoms with Gasteiger partial charge in [-0.05, 0) is 24.5 Å². The van der Waals surface area contributed by atoms with E-state index < -0.39 is 10.0 Å². The van der Waals surface area contributed by atoms with Crippen molar-refractivity contribution in [3.8, 4) is 0 Å². The average molecular weight is 376 g/mol. The molecular formula is C15H26ClN5O2S. The third-order valence-corrected chi connectivity index (χ3v) is 5.02. The normalized spacial score (nSPS) is 12.5. The molecule has 0 unspecified atom stereocenters. The van der Waals surface area contributed by atoms with E-state index >= 15 is 0 Å². The van der Waals surface area contributed by atoms with E-state index in [2.05, 4.69) is 20.6 Å². The minimum Gasteiger partial charge on any atom is -0.356 e. The van der Waals surface area contributed by atoms with Crippen molar-refractivity contribution in [1.82, 2.24) is 19.9 Å². The second-order valence-corrected chi connectivity index (χ2v) is 7.64. The molecule has 0 aliphatic carbocycles. The number of pyridine rings is 1. The van der Waals surface area contributed by atoms with Crippen LogP contribution in [0.4, 0.5) is 0 Å². The van der Waals surface area contributed by atoms with Crippen LogP contribution >= 0.6 is 11.6 Å². The molecule has 1 aromatic heterocycles. The summed E-state index contributed by atoms with van der Waals surface area (Å²) in [4.78, 5) is 8.18. The summed E-state index contributed by atoms with van der Waals surface area (Å²) in [5.74, 6) is 0.694. The van der Waals surface area contributed by atoms with Crippen molar-refractivity contribution in [1.29, 1.82) is 0 Å². The van der Waals surface area contributed by atoms with Crippen molar-refractivity contribution in [2.75, 3.05) is 39.5 Å². The molecular weight excluding hydrogens is 350 g/mol. The number of guanidine groups is 1. The van der Waals surface area contributed by atoms with E-state index in [4.69, 9.17) is 11.6 Å². The fraction of sp³-hybridized carbons (Fsp3) is 0.600. The highest BCUT2D eigenvalue weighted by Crippen LogP contribution is 2.05. The maximum atomic E-state index is 11.5. The number of nitrogens with one attached hydrogen (secondary N) is 2. The Balaban J connectivity index is 2.26. The summed E-state index contributed by atoms with van der Waals surface area (Å²) in [6.45, 7) is 4.18. The van der Waals surface area contributed by atoms with E-state index in [1.54, 1.807) is 19.3 Å². The molecule has 0 fully saturated rings. The van der Waals surface area contributed by atoms with E-state index in [-0.39, 0.29) is 0 Å². The van der Waals surface area contributed by atoms with Gasteiger partial charge in [0.05, 0.1) is 6.26 Å². The van der Waals surface area contributed by atoms with Gasteiger partial charge < -0.3 is 10.6 Å². The van der Waals surface area contributed by atoms with Gasteiger partial charge in [0.15, 0.2) is 5.96 Å². The van der Waals surface area contributed by atoms with Crippen LogP contribution in [0.15, 0.2) is 23.3 Å². The fourth-order valence-electron chi connectivity index (χ4n) is 2.12. The van der Waals surface area contributed by atoms with Crippen molar-refractivity contribution in [3.63, 3.8) is 0 Å². The lowest BCUT2D eigenvalue weighted by Gasteiger charge is -2.18. The van der Waals surface area contributed by atoms with Crippen LogP contribution in [0, 0.1) is 0 Å². The summed E-state index contributed by atoms with van der Waals surface area (Å²) < 4.78 is 24.5. The van der Waals surface area contributed by atoms with Gasteiger partial charge in [0, 0.05) is 39.4 Å². The van der Waals surface area contributed by atoms with Gasteiger partial charge in [-0.2, -0.15) is 0 Å². The number of halogens is 1. The zero-order chi connectivity index (χ0) is 18.0. The summed E-state index contributed by atoms with van der Waals surface area (Å²) in [6, 6.07) is 3.71. The first kappa shape index (κ1) is 20.7. The smallest absolute Gasteiger partial charge is 0.211 e. The van der Waals surface area contributed by atoms with Gasteiger partial charge in [0.1, 0.15) is 5.15 Å². The number of rotatable bonds is 9. The highest BCUT2D eigenvalue weighted by Gasteiger charge is 2.13. The van der Waals surface area contributed by atoms with Crippen LogP contribution in [-0.2, 0) is 16.4 Å². The molecule has 1 aromatic rings. The Morgan fingerprint density at radius 3 is 2.58 bits per heavy atom. The third-order valence-electron chi connectivity index (χ3n) is 3.42. The summed E-state index contributed by atoms with van der Waals surface area (Å²) in [7, 11) is -1.42. The van der Waals surface area contributed by atoms with Gasteiger partial charge in [-0.25, -0.2) is 17.7 Å². The predicted octanol–water partition coefficient (Wildman–Crippen LogP) is 1.11. The van der Waals surface area contributed by atoms with Crippen LogP contribution in [-0.4, -0.2) is 63.1 Å². The lowest BCUT2D eigenvalue weighted by atomic mass is 10.2. The zero-order valence-corrected chi connectivity index (χ0v) is 16.0. The van der Waals surface area contributed by atoms with E-state index in [0.29, 0.717) is 43.7 Å². The number of hydrogen-bond donors (Lipinski definition) is 2. The number of aromatic nitrogens is 1. The number of sulfonamides is 1. The molecule has 0 atom stereocenters. The van der Waals surface area contributed by atoms with Gasteiger partial charge >= 0.3 is 0 Å². The molecule has 0 spiro atoms. The topological polar surface area (TPSA) is 86.7 Å². The fourth-order valence-corrected chi connectivity index (χ4v) is 3.16. The first-order valence-electron chi connectivity index (χ1n) is 7.87. The molecule has 24 heavy (non-hydrogen) atoms. The van der Waals surface area contributed by atoms with Gasteiger partial charge in [-0.3, -0.25) is 4.99 Å². The molecule has 2 N–H and O–H groups in total. The molecule has 0 bridgehead atoms. The minimum atomic E-state index is -3.12. The quantitative estimate of drug-likeness (QED) is 0.292. The molecule has 136 valence electrons. The van der Waals surface area contributed by atoms with Crippen LogP contribution in [0.3, 0.4) is 0 Å². The summed E-state index contributed by atoms with van der Waals surface area (Å²) in [5.41, 5.74) is 1.09. The molecule has 1 heterocycles. The second kappa shape index (κ2) is 10.5. The van der Waals surface area contributed by atoms with Gasteiger partial charge in [0.2, 0.25) is 10.0 Å². The maximum absolute atomic E-state index is 11.5. The molecule has 0 saturated heterocycles. The first-order valence-corrected chi connectivity index (χ1v) is 10.1. The minimum absolute atomic E-state index is 0.486. The Morgan fingerprint density at radius 1 is 1.33 bits per heavy atom. The van der Waals surface area contributed by atoms with Gasteiger partial charge in [-0.1, -0.05) is 24.6 Å².